The van der Waals surface area contributed by atoms with Gasteiger partial charge in [0.25, 0.3) is 0 Å². The molecule has 0 aromatic heterocycles. The number of fused-ring (bicyclic) bond motifs is 1. The summed E-state index contributed by atoms with van der Waals surface area (Å²) in [6.45, 7) is 0.553. The summed E-state index contributed by atoms with van der Waals surface area (Å²) >= 11 is 0. The molecule has 0 saturated heterocycles. The second kappa shape index (κ2) is 10.3. The van der Waals surface area contributed by atoms with Crippen molar-refractivity contribution in [3.63, 3.8) is 0 Å². The first kappa shape index (κ1) is 22.5. The maximum atomic E-state index is 6.06. The van der Waals surface area contributed by atoms with Crippen molar-refractivity contribution in [3.8, 4) is 5.75 Å². The summed E-state index contributed by atoms with van der Waals surface area (Å²) in [6.07, 6.45) is 10.7. The highest BCUT2D eigenvalue weighted by Gasteiger charge is 2.37. The van der Waals surface area contributed by atoms with Gasteiger partial charge in [-0.15, -0.1) is 0 Å². The van der Waals surface area contributed by atoms with E-state index >= 15 is 0 Å². The first-order valence-electron chi connectivity index (χ1n) is 11.0. The van der Waals surface area contributed by atoms with Gasteiger partial charge in [-0.1, -0.05) is 36.4 Å². The zero-order valence-electron chi connectivity index (χ0n) is 18.2. The number of nitrogens with one attached hydrogen (secondary N) is 1. The minimum absolute atomic E-state index is 0. The van der Waals surface area contributed by atoms with Crippen LogP contribution in [-0.4, -0.2) is 25.3 Å². The number of amidine groups is 1. The predicted octanol–water partition coefficient (Wildman–Crippen LogP) is 0.887. The number of quaternary nitrogens is 1. The molecule has 2 aromatic rings. The molecule has 1 N–H and O–H groups in total. The highest BCUT2D eigenvalue weighted by molar-refractivity contribution is 5.98. The Labute approximate surface area is 195 Å². The first-order chi connectivity index (χ1) is 15.3. The Morgan fingerprint density at radius 1 is 1.00 bits per heavy atom. The molecule has 0 radical (unpaired) electrons. The van der Waals surface area contributed by atoms with E-state index in [9.17, 15) is 0 Å². The number of aliphatic imine (C=N–C) groups is 2. The molecule has 1 fully saturated rings. The van der Waals surface area contributed by atoms with E-state index in [4.69, 9.17) is 14.5 Å². The van der Waals surface area contributed by atoms with E-state index in [1.165, 1.54) is 16.3 Å². The summed E-state index contributed by atoms with van der Waals surface area (Å²) in [6, 6.07) is 18.5. The fourth-order valence-corrected chi connectivity index (χ4v) is 4.62. The van der Waals surface area contributed by atoms with Gasteiger partial charge in [-0.25, -0.2) is 4.90 Å². The molecule has 2 aromatic carbocycles. The van der Waals surface area contributed by atoms with Crippen LogP contribution < -0.4 is 22.0 Å². The Hall–Kier alpha value is -2.73. The zero-order chi connectivity index (χ0) is 21.0. The lowest BCUT2D eigenvalue weighted by Gasteiger charge is -2.27. The van der Waals surface area contributed by atoms with Gasteiger partial charge in [0.2, 0.25) is 5.84 Å². The third-order valence-electron chi connectivity index (χ3n) is 6.33. The number of rotatable bonds is 6. The molecule has 1 aliphatic carbocycles. The molecule has 1 saturated carbocycles. The van der Waals surface area contributed by atoms with Gasteiger partial charge in [0, 0.05) is 13.0 Å². The average molecular weight is 450 g/mol. The maximum Gasteiger partial charge on any atom is 0.243 e. The minimum Gasteiger partial charge on any atom is -1.00 e. The van der Waals surface area contributed by atoms with Gasteiger partial charge in [-0.3, -0.25) is 4.99 Å². The van der Waals surface area contributed by atoms with Crippen LogP contribution in [0.2, 0.25) is 0 Å². The molecule has 1 atom stereocenters. The smallest absolute Gasteiger partial charge is 0.243 e. The van der Waals surface area contributed by atoms with Gasteiger partial charge >= 0.3 is 0 Å². The van der Waals surface area contributed by atoms with Gasteiger partial charge in [0.15, 0.2) is 5.70 Å². The number of benzene rings is 2. The molecule has 6 heteroatoms. The topological polar surface area (TPSA) is 47.6 Å². The molecule has 32 heavy (non-hydrogen) atoms. The highest BCUT2D eigenvalue weighted by atomic mass is 35.5. The van der Waals surface area contributed by atoms with E-state index in [2.05, 4.69) is 35.5 Å². The molecule has 0 spiro atoms. The van der Waals surface area contributed by atoms with Crippen molar-refractivity contribution >= 4 is 12.1 Å². The number of nitrogens with zero attached hydrogens (tertiary/aromatic N) is 2. The summed E-state index contributed by atoms with van der Waals surface area (Å²) in [7, 11) is 1.82. The molecule has 1 unspecified atom stereocenters. The fraction of sp³-hybridized carbons (Fsp3) is 0.308. The van der Waals surface area contributed by atoms with Gasteiger partial charge in [0.1, 0.15) is 24.3 Å². The number of methoxy groups -OCH3 is 1. The van der Waals surface area contributed by atoms with Crippen LogP contribution >= 0.6 is 0 Å². The average Bonchev–Trinajstić information content (AvgIpc) is 3.23. The van der Waals surface area contributed by atoms with Crippen LogP contribution in [0.25, 0.3) is 0 Å². The number of halogens is 1. The second-order valence-corrected chi connectivity index (χ2v) is 8.28. The van der Waals surface area contributed by atoms with Crippen molar-refractivity contribution in [2.75, 3.05) is 7.11 Å². The lowest BCUT2D eigenvalue weighted by atomic mass is 9.84. The molecule has 0 bridgehead atoms. The van der Waals surface area contributed by atoms with Crippen LogP contribution in [0, 0.1) is 5.92 Å². The van der Waals surface area contributed by atoms with Crippen LogP contribution in [0.15, 0.2) is 88.4 Å². The largest absolute Gasteiger partial charge is 1.00 e. The van der Waals surface area contributed by atoms with Crippen LogP contribution in [-0.2, 0) is 11.3 Å². The Kier molecular flexibility index (Phi) is 7.20. The number of hydrogen-bond acceptors (Lipinski definition) is 4. The molecule has 5 rings (SSSR count). The van der Waals surface area contributed by atoms with E-state index < -0.39 is 0 Å². The van der Waals surface area contributed by atoms with Gasteiger partial charge in [-0.05, 0) is 49.4 Å². The van der Waals surface area contributed by atoms with Gasteiger partial charge in [0.05, 0.1) is 24.1 Å². The third-order valence-corrected chi connectivity index (χ3v) is 6.33. The van der Waals surface area contributed by atoms with Crippen LogP contribution in [0.1, 0.15) is 36.8 Å². The van der Waals surface area contributed by atoms with E-state index in [-0.39, 0.29) is 12.4 Å². The number of allylic oxidation sites excluding steroid dienone is 2. The Morgan fingerprint density at radius 2 is 1.81 bits per heavy atom. The summed E-state index contributed by atoms with van der Waals surface area (Å²) in [5, 5.41) is 0. The fourth-order valence-electron chi connectivity index (χ4n) is 4.62. The summed E-state index contributed by atoms with van der Waals surface area (Å²) < 4.78 is 11.6. The van der Waals surface area contributed by atoms with Crippen molar-refractivity contribution in [3.05, 3.63) is 89.5 Å². The zero-order valence-corrected chi connectivity index (χ0v) is 19.0. The van der Waals surface area contributed by atoms with Crippen molar-refractivity contribution in [2.24, 2.45) is 15.9 Å². The summed E-state index contributed by atoms with van der Waals surface area (Å²) in [5.41, 5.74) is 4.60. The van der Waals surface area contributed by atoms with Crippen molar-refractivity contribution in [1.82, 2.24) is 0 Å². The van der Waals surface area contributed by atoms with Crippen LogP contribution in [0.4, 0.5) is 0 Å². The van der Waals surface area contributed by atoms with E-state index in [0.29, 0.717) is 18.6 Å². The van der Waals surface area contributed by atoms with E-state index in [1.54, 1.807) is 0 Å². The van der Waals surface area contributed by atoms with E-state index in [0.717, 1.165) is 48.4 Å². The van der Waals surface area contributed by atoms with E-state index in [1.807, 2.05) is 49.9 Å². The monoisotopic (exact) mass is 449 g/mol. The molecular weight excluding hydrogens is 422 g/mol. The Morgan fingerprint density at radius 3 is 2.59 bits per heavy atom. The standard InChI is InChI=1S/C26H27N3O2.ClH/c1-30-22-12-10-20(11-13-22)25-24-17-27-14-15-29(24)26(28-25)21-8-5-9-23(16-21)31-18-19-6-3-2-4-7-19;/h2-9,14-17,20,22H,10-13,18H2,1H3;1H. The lowest BCUT2D eigenvalue weighted by molar-refractivity contribution is -0.689. The molecular formula is C26H28ClN3O2. The number of hydrogen-bond donors (Lipinski definition) is 1. The minimum atomic E-state index is 0. The van der Waals surface area contributed by atoms with Crippen LogP contribution in [0.3, 0.4) is 0 Å². The lowest BCUT2D eigenvalue weighted by Crippen LogP contribution is -3.08. The molecule has 0 amide bonds. The van der Waals surface area contributed by atoms with Crippen molar-refractivity contribution in [1.29, 1.82) is 0 Å². The Balaban J connectivity index is 0.00000245. The number of ether oxygens (including phenoxy) is 2. The third kappa shape index (κ3) is 4.70. The highest BCUT2D eigenvalue weighted by Crippen LogP contribution is 2.34. The Bertz CT molecular complexity index is 1050. The molecule has 2 heterocycles. The van der Waals surface area contributed by atoms with Crippen molar-refractivity contribution in [2.45, 2.75) is 38.4 Å². The van der Waals surface area contributed by atoms with Crippen LogP contribution in [0.5, 0.6) is 5.75 Å². The molecule has 5 nitrogen and oxygen atoms in total. The molecule has 166 valence electrons. The second-order valence-electron chi connectivity index (χ2n) is 8.28. The van der Waals surface area contributed by atoms with Gasteiger partial charge < -0.3 is 21.9 Å². The SMILES string of the molecule is COC1CCC(C2=C3C=NC=C[NH+]3C(c3cccc(OCc4ccccc4)c3)=N2)CC1.[Cl-]. The summed E-state index contributed by atoms with van der Waals surface area (Å²) in [4.78, 5) is 10.7. The predicted molar refractivity (Wildman–Crippen MR) is 122 cm³/mol. The molecule has 3 aliphatic rings. The quantitative estimate of drug-likeness (QED) is 0.712. The summed E-state index contributed by atoms with van der Waals surface area (Å²) in [5.74, 6) is 2.34. The first-order valence-corrected chi connectivity index (χ1v) is 11.0. The van der Waals surface area contributed by atoms with Crippen molar-refractivity contribution < 1.29 is 26.8 Å². The van der Waals surface area contributed by atoms with Gasteiger partial charge in [-0.2, -0.15) is 4.99 Å². The molecule has 2 aliphatic heterocycles. The maximum absolute atomic E-state index is 6.06. The normalized spacial score (nSPS) is 24.0.